The number of carbonyl (C=O) groups is 2. The Labute approximate surface area is 248 Å². The van der Waals surface area contributed by atoms with E-state index in [2.05, 4.69) is 48.4 Å². The number of Topliss-reactive ketones (excluding diaryl/α,β-unsaturated/α-hetero) is 2. The number of hydrogen-bond donors (Lipinski definition) is 1. The minimum Gasteiger partial charge on any atom is -0.379 e. The summed E-state index contributed by atoms with van der Waals surface area (Å²) in [5, 5.41) is 2.73. The van der Waals surface area contributed by atoms with E-state index in [4.69, 9.17) is 11.2 Å². The number of allylic oxidation sites excluding steroid dienone is 11. The highest BCUT2D eigenvalue weighted by molar-refractivity contribution is 6.23. The van der Waals surface area contributed by atoms with Crippen LogP contribution in [0.5, 0.6) is 0 Å². The van der Waals surface area contributed by atoms with Gasteiger partial charge in [-0.05, 0) is 58.6 Å². The Bertz CT molecular complexity index is 1190. The van der Waals surface area contributed by atoms with Gasteiger partial charge in [0.2, 0.25) is 0 Å². The van der Waals surface area contributed by atoms with E-state index in [0.29, 0.717) is 24.1 Å². The maximum absolute atomic E-state index is 14.3. The summed E-state index contributed by atoms with van der Waals surface area (Å²) in [5.74, 6) is -0.136. The van der Waals surface area contributed by atoms with Crippen molar-refractivity contribution in [2.75, 3.05) is 26.7 Å². The van der Waals surface area contributed by atoms with Crippen LogP contribution in [0.15, 0.2) is 95.4 Å². The van der Waals surface area contributed by atoms with Crippen LogP contribution in [-0.4, -0.2) is 74.1 Å². The molecule has 0 saturated heterocycles. The summed E-state index contributed by atoms with van der Waals surface area (Å²) in [5.41, 5.74) is 3.48. The van der Waals surface area contributed by atoms with E-state index in [1.807, 2.05) is 76.2 Å². The fourth-order valence-electron chi connectivity index (χ4n) is 4.89. The predicted molar refractivity (Wildman–Crippen MR) is 173 cm³/mol. The molecule has 6 nitrogen and oxygen atoms in total. The number of nitrogens with zero attached hydrogens (tertiary/aromatic N) is 2. The van der Waals surface area contributed by atoms with Crippen molar-refractivity contribution in [3.8, 4) is 12.5 Å². The van der Waals surface area contributed by atoms with Gasteiger partial charge < -0.3 is 15.0 Å². The third-order valence-electron chi connectivity index (χ3n) is 6.78. The van der Waals surface area contributed by atoms with Gasteiger partial charge in [-0.25, -0.2) is 0 Å². The number of ether oxygens (including phenoxy) is 1. The number of hydrogen-bond acceptors (Lipinski definition) is 6. The molecule has 2 aliphatic rings. The first-order valence-electron chi connectivity index (χ1n) is 14.5. The largest absolute Gasteiger partial charge is 0.379 e. The molecule has 0 spiro atoms. The topological polar surface area (TPSA) is 61.9 Å². The van der Waals surface area contributed by atoms with Gasteiger partial charge in [0.15, 0.2) is 11.6 Å². The molecule has 7 heteroatoms. The zero-order valence-electron chi connectivity index (χ0n) is 25.6. The number of nitrogens with one attached hydrogen (secondary N) is 1. The molecule has 1 N–H and O–H groups in total. The van der Waals surface area contributed by atoms with Crippen molar-refractivity contribution in [3.63, 3.8) is 0 Å². The molecule has 218 valence electrons. The molecule has 0 aromatic rings. The lowest BCUT2D eigenvalue weighted by Gasteiger charge is -2.34. The van der Waals surface area contributed by atoms with Crippen molar-refractivity contribution < 1.29 is 14.3 Å². The van der Waals surface area contributed by atoms with Crippen LogP contribution < -0.4 is 5.32 Å². The van der Waals surface area contributed by atoms with E-state index in [-0.39, 0.29) is 30.3 Å². The molecule has 0 aromatic heterocycles. The van der Waals surface area contributed by atoms with Crippen molar-refractivity contribution in [2.24, 2.45) is 0 Å². The van der Waals surface area contributed by atoms with Crippen LogP contribution in [0, 0.1) is 12.5 Å². The molecule has 0 amide bonds. The number of terminal acetylenes is 1. The van der Waals surface area contributed by atoms with Crippen molar-refractivity contribution in [1.82, 2.24) is 15.1 Å². The highest BCUT2D eigenvalue weighted by Gasteiger charge is 2.37. The molecule has 1 heterocycles. The molecular weight excluding hydrogens is 509 g/mol. The summed E-state index contributed by atoms with van der Waals surface area (Å²) in [7, 11) is 4.07. The maximum Gasteiger partial charge on any atom is 0.190 e. The SMILES string of the molecule is BC1=CC/C=C(/C2C(C(=O)C(/C=C\C)=C/C=C\C)=CC(OC(C)C)C(=O)CN2CCCN(C)/C=C\NC#C)C/C=C\1. The third-order valence-corrected chi connectivity index (χ3v) is 6.78. The van der Waals surface area contributed by atoms with Gasteiger partial charge in [-0.15, -0.1) is 0 Å². The number of rotatable bonds is 13. The lowest BCUT2D eigenvalue weighted by Crippen LogP contribution is -2.43. The minimum atomic E-state index is -0.790. The Hall–Kier alpha value is -3.60. The van der Waals surface area contributed by atoms with Crippen LogP contribution in [0.3, 0.4) is 0 Å². The normalized spacial score (nSPS) is 23.0. The highest BCUT2D eigenvalue weighted by Crippen LogP contribution is 2.31. The lowest BCUT2D eigenvalue weighted by molar-refractivity contribution is -0.130. The second-order valence-electron chi connectivity index (χ2n) is 10.6. The van der Waals surface area contributed by atoms with E-state index in [1.54, 1.807) is 12.3 Å². The molecule has 0 radical (unpaired) electrons. The zero-order chi connectivity index (χ0) is 30.2. The van der Waals surface area contributed by atoms with Gasteiger partial charge in [0.1, 0.15) is 14.0 Å². The molecule has 2 unspecified atom stereocenters. The van der Waals surface area contributed by atoms with Gasteiger partial charge in [0, 0.05) is 49.7 Å². The quantitative estimate of drug-likeness (QED) is 0.0910. The number of carbonyl (C=O) groups excluding carboxylic acids is 2. The Kier molecular flexibility index (Phi) is 14.7. The molecule has 1 aliphatic heterocycles. The first kappa shape index (κ1) is 33.6. The van der Waals surface area contributed by atoms with Crippen molar-refractivity contribution in [3.05, 3.63) is 95.4 Å². The van der Waals surface area contributed by atoms with E-state index in [9.17, 15) is 9.59 Å². The van der Waals surface area contributed by atoms with Crippen molar-refractivity contribution >= 4 is 19.4 Å². The second kappa shape index (κ2) is 18.0. The fraction of sp³-hybridized carbons (Fsp3) is 0.412. The summed E-state index contributed by atoms with van der Waals surface area (Å²) >= 11 is 0. The lowest BCUT2D eigenvalue weighted by atomic mass is 9.85. The predicted octanol–water partition coefficient (Wildman–Crippen LogP) is 4.37. The van der Waals surface area contributed by atoms with Crippen molar-refractivity contribution in [2.45, 2.75) is 65.2 Å². The summed E-state index contributed by atoms with van der Waals surface area (Å²) < 4.78 is 6.09. The van der Waals surface area contributed by atoms with Crippen LogP contribution in [0.2, 0.25) is 0 Å². The molecule has 1 aliphatic carbocycles. The minimum absolute atomic E-state index is 0.0410. The molecule has 2 rings (SSSR count). The smallest absolute Gasteiger partial charge is 0.190 e. The van der Waals surface area contributed by atoms with E-state index in [1.165, 1.54) is 5.47 Å². The Morgan fingerprint density at radius 2 is 2.10 bits per heavy atom. The van der Waals surface area contributed by atoms with E-state index in [0.717, 1.165) is 25.0 Å². The molecule has 0 saturated carbocycles. The van der Waals surface area contributed by atoms with Crippen LogP contribution in [0.1, 0.15) is 47.0 Å². The van der Waals surface area contributed by atoms with Gasteiger partial charge in [0.25, 0.3) is 0 Å². The van der Waals surface area contributed by atoms with E-state index < -0.39 is 6.10 Å². The third kappa shape index (κ3) is 11.1. The summed E-state index contributed by atoms with van der Waals surface area (Å²) in [6, 6.07) is 2.02. The van der Waals surface area contributed by atoms with Crippen LogP contribution in [-0.2, 0) is 14.3 Å². The number of ketones is 2. The van der Waals surface area contributed by atoms with Gasteiger partial charge >= 0.3 is 0 Å². The zero-order valence-corrected chi connectivity index (χ0v) is 25.6. The Morgan fingerprint density at radius 1 is 1.32 bits per heavy atom. The monoisotopic (exact) mass is 555 g/mol. The first-order chi connectivity index (χ1) is 19.7. The molecule has 0 aromatic carbocycles. The van der Waals surface area contributed by atoms with Gasteiger partial charge in [0.05, 0.1) is 18.7 Å². The molecule has 0 bridgehead atoms. The van der Waals surface area contributed by atoms with Gasteiger partial charge in [-0.1, -0.05) is 66.6 Å². The van der Waals surface area contributed by atoms with Crippen molar-refractivity contribution in [1.29, 1.82) is 0 Å². The average molecular weight is 556 g/mol. The summed E-state index contributed by atoms with van der Waals surface area (Å²) in [6.45, 7) is 9.22. The highest BCUT2D eigenvalue weighted by atomic mass is 16.5. The average Bonchev–Trinajstić information content (AvgIpc) is 3.04. The standard InChI is InChI=1S/C34H46BN3O3/c1-7-10-15-28(14-8-2)34(40)30-24-32(41-26(4)5)31(39)25-38(22-13-21-37(6)23-20-36-9-3)33(30)27-16-11-18-29(35)19-12-17-27/h3,7-8,10-11,14-15,17-20,23-24,26,32-33,36H,12-13,16,21-22,25,35H2,1-2,4-6H3/b10-7-,14-8-,18-11-,23-20-,27-17+,28-15+,29-19?. The molecule has 0 fully saturated rings. The van der Waals surface area contributed by atoms with Gasteiger partial charge in [-0.2, -0.15) is 0 Å². The van der Waals surface area contributed by atoms with Crippen LogP contribution in [0.25, 0.3) is 0 Å². The first-order valence-corrected chi connectivity index (χ1v) is 14.5. The maximum atomic E-state index is 14.3. The van der Waals surface area contributed by atoms with Crippen LogP contribution >= 0.6 is 0 Å². The van der Waals surface area contributed by atoms with Crippen LogP contribution in [0.4, 0.5) is 0 Å². The summed E-state index contributed by atoms with van der Waals surface area (Å²) in [6.07, 6.45) is 29.9. The van der Waals surface area contributed by atoms with Gasteiger partial charge in [-0.3, -0.25) is 14.5 Å². The Morgan fingerprint density at radius 3 is 2.78 bits per heavy atom. The molecule has 41 heavy (non-hydrogen) atoms. The van der Waals surface area contributed by atoms with E-state index >= 15 is 0 Å². The Balaban J connectivity index is 2.62. The summed E-state index contributed by atoms with van der Waals surface area (Å²) in [4.78, 5) is 32.1. The fourth-order valence-corrected chi connectivity index (χ4v) is 4.89. The molecule has 2 atom stereocenters. The second-order valence-corrected chi connectivity index (χ2v) is 10.6. The molecular formula is C34H46BN3O3.